The van der Waals surface area contributed by atoms with Crippen LogP contribution in [-0.2, 0) is 22.6 Å². The van der Waals surface area contributed by atoms with E-state index in [0.717, 1.165) is 15.6 Å². The second-order valence-electron chi connectivity index (χ2n) is 7.69. The molecular weight excluding hydrogens is 496 g/mol. The number of carbonyl (C=O) groups is 2. The minimum Gasteiger partial charge on any atom is -0.493 e. The van der Waals surface area contributed by atoms with Crippen molar-refractivity contribution < 1.29 is 19.1 Å². The first kappa shape index (κ1) is 25.3. The summed E-state index contributed by atoms with van der Waals surface area (Å²) >= 11 is 3.45. The molecule has 1 atom stereocenters. The zero-order valence-corrected chi connectivity index (χ0v) is 21.0. The topological polar surface area (TPSA) is 67.9 Å². The highest BCUT2D eigenvalue weighted by Gasteiger charge is 2.30. The number of ether oxygens (including phenoxy) is 2. The van der Waals surface area contributed by atoms with E-state index in [9.17, 15) is 9.59 Å². The maximum atomic E-state index is 13.5. The van der Waals surface area contributed by atoms with Gasteiger partial charge < -0.3 is 19.7 Å². The number of hydrogen-bond donors (Lipinski definition) is 1. The third-order valence-electron chi connectivity index (χ3n) is 5.31. The molecule has 2 amide bonds. The molecule has 0 saturated heterocycles. The molecule has 3 rings (SSSR count). The normalized spacial score (nSPS) is 11.4. The Morgan fingerprint density at radius 3 is 2.21 bits per heavy atom. The van der Waals surface area contributed by atoms with Crippen LogP contribution >= 0.6 is 15.9 Å². The fraction of sp³-hybridized carbons (Fsp3) is 0.259. The van der Waals surface area contributed by atoms with E-state index >= 15 is 0 Å². The number of hydrogen-bond acceptors (Lipinski definition) is 4. The fourth-order valence-corrected chi connectivity index (χ4v) is 3.86. The lowest BCUT2D eigenvalue weighted by Gasteiger charge is -2.31. The Kier molecular flexibility index (Phi) is 9.52. The van der Waals surface area contributed by atoms with E-state index in [2.05, 4.69) is 21.2 Å². The van der Waals surface area contributed by atoms with Crippen molar-refractivity contribution in [1.29, 1.82) is 0 Å². The molecule has 0 aliphatic carbocycles. The summed E-state index contributed by atoms with van der Waals surface area (Å²) in [6.45, 7) is 2.39. The third kappa shape index (κ3) is 7.09. The van der Waals surface area contributed by atoms with Crippen molar-refractivity contribution >= 4 is 27.7 Å². The predicted octanol–water partition coefficient (Wildman–Crippen LogP) is 4.61. The molecule has 7 heteroatoms. The molecule has 6 nitrogen and oxygen atoms in total. The van der Waals surface area contributed by atoms with Crippen molar-refractivity contribution in [3.05, 3.63) is 94.5 Å². The molecule has 34 heavy (non-hydrogen) atoms. The molecule has 0 aromatic heterocycles. The van der Waals surface area contributed by atoms with E-state index in [1.54, 1.807) is 24.1 Å². The van der Waals surface area contributed by atoms with Crippen molar-refractivity contribution in [3.63, 3.8) is 0 Å². The summed E-state index contributed by atoms with van der Waals surface area (Å²) in [6.07, 6.45) is 0.392. The number of benzene rings is 3. The molecule has 0 aliphatic rings. The number of carbonyl (C=O) groups excluding carboxylic acids is 2. The summed E-state index contributed by atoms with van der Waals surface area (Å²) in [4.78, 5) is 28.2. The van der Waals surface area contributed by atoms with Crippen molar-refractivity contribution in [1.82, 2.24) is 10.2 Å². The van der Waals surface area contributed by atoms with Gasteiger partial charge in [-0.05, 0) is 42.3 Å². The van der Waals surface area contributed by atoms with Crippen LogP contribution in [-0.4, -0.2) is 43.0 Å². The summed E-state index contributed by atoms with van der Waals surface area (Å²) in [7, 11) is 1.55. The predicted molar refractivity (Wildman–Crippen MR) is 136 cm³/mol. The van der Waals surface area contributed by atoms with Gasteiger partial charge in [-0.2, -0.15) is 0 Å². The van der Waals surface area contributed by atoms with Gasteiger partial charge in [0.1, 0.15) is 6.04 Å². The van der Waals surface area contributed by atoms with Crippen LogP contribution in [0.1, 0.15) is 18.1 Å². The lowest BCUT2D eigenvalue weighted by Crippen LogP contribution is -2.51. The molecule has 0 saturated carbocycles. The van der Waals surface area contributed by atoms with Gasteiger partial charge in [-0.1, -0.05) is 70.5 Å². The van der Waals surface area contributed by atoms with Gasteiger partial charge in [0.05, 0.1) is 7.11 Å². The van der Waals surface area contributed by atoms with E-state index in [1.807, 2.05) is 73.7 Å². The summed E-state index contributed by atoms with van der Waals surface area (Å²) in [5, 5.41) is 2.89. The third-order valence-corrected chi connectivity index (χ3v) is 5.84. The first-order chi connectivity index (χ1) is 16.5. The number of para-hydroxylation sites is 2. The molecule has 3 aromatic rings. The number of nitrogens with one attached hydrogen (secondary N) is 1. The van der Waals surface area contributed by atoms with Gasteiger partial charge in [0, 0.05) is 24.0 Å². The Labute approximate surface area is 209 Å². The number of likely N-dealkylation sites (N-methyl/N-ethyl adjacent to an activating group) is 1. The quantitative estimate of drug-likeness (QED) is 0.397. The monoisotopic (exact) mass is 524 g/mol. The summed E-state index contributed by atoms with van der Waals surface area (Å²) in [6, 6.07) is 23.9. The average molecular weight is 525 g/mol. The lowest BCUT2D eigenvalue weighted by molar-refractivity contribution is -0.142. The Morgan fingerprint density at radius 1 is 0.912 bits per heavy atom. The zero-order chi connectivity index (χ0) is 24.3. The highest BCUT2D eigenvalue weighted by molar-refractivity contribution is 9.10. The van der Waals surface area contributed by atoms with Gasteiger partial charge in [-0.25, -0.2) is 0 Å². The number of rotatable bonds is 11. The summed E-state index contributed by atoms with van der Waals surface area (Å²) in [5.41, 5.74) is 1.88. The van der Waals surface area contributed by atoms with Gasteiger partial charge in [0.2, 0.25) is 5.91 Å². The van der Waals surface area contributed by atoms with Crippen LogP contribution in [0.15, 0.2) is 83.3 Å². The highest BCUT2D eigenvalue weighted by atomic mass is 79.9. The van der Waals surface area contributed by atoms with Crippen LogP contribution in [0.3, 0.4) is 0 Å². The van der Waals surface area contributed by atoms with Gasteiger partial charge in [0.15, 0.2) is 18.1 Å². The van der Waals surface area contributed by atoms with Gasteiger partial charge in [-0.15, -0.1) is 0 Å². The van der Waals surface area contributed by atoms with Gasteiger partial charge >= 0.3 is 0 Å². The molecule has 0 heterocycles. The number of amides is 2. The Balaban J connectivity index is 1.89. The molecule has 1 unspecified atom stereocenters. The van der Waals surface area contributed by atoms with E-state index in [4.69, 9.17) is 9.47 Å². The zero-order valence-electron chi connectivity index (χ0n) is 19.4. The van der Waals surface area contributed by atoms with Crippen molar-refractivity contribution in [2.75, 3.05) is 20.3 Å². The molecule has 0 fully saturated rings. The number of methoxy groups -OCH3 is 1. The Hall–Kier alpha value is -3.32. The molecule has 178 valence electrons. The summed E-state index contributed by atoms with van der Waals surface area (Å²) < 4.78 is 12.1. The van der Waals surface area contributed by atoms with E-state index in [1.165, 1.54) is 0 Å². The van der Waals surface area contributed by atoms with Crippen molar-refractivity contribution in [2.45, 2.75) is 25.9 Å². The number of nitrogens with zero attached hydrogens (tertiary/aromatic N) is 1. The van der Waals surface area contributed by atoms with Crippen LogP contribution < -0.4 is 14.8 Å². The minimum atomic E-state index is -0.695. The second-order valence-corrected chi connectivity index (χ2v) is 8.60. The van der Waals surface area contributed by atoms with Crippen LogP contribution in [0.25, 0.3) is 0 Å². The molecule has 3 aromatic carbocycles. The smallest absolute Gasteiger partial charge is 0.261 e. The van der Waals surface area contributed by atoms with Crippen LogP contribution in [0.5, 0.6) is 11.5 Å². The molecule has 1 N–H and O–H groups in total. The SMILES string of the molecule is CCNC(=O)C(Cc1ccccc1)N(Cc1ccc(Br)cc1)C(=O)COc1ccccc1OC. The first-order valence-electron chi connectivity index (χ1n) is 11.1. The van der Waals surface area contributed by atoms with E-state index in [0.29, 0.717) is 24.5 Å². The maximum Gasteiger partial charge on any atom is 0.261 e. The largest absolute Gasteiger partial charge is 0.493 e. The average Bonchev–Trinajstić information content (AvgIpc) is 2.86. The molecular formula is C27H29BrN2O4. The van der Waals surface area contributed by atoms with Crippen molar-refractivity contribution in [3.8, 4) is 11.5 Å². The second kappa shape index (κ2) is 12.8. The van der Waals surface area contributed by atoms with Crippen molar-refractivity contribution in [2.24, 2.45) is 0 Å². The highest BCUT2D eigenvalue weighted by Crippen LogP contribution is 2.26. The number of halogens is 1. The molecule has 0 spiro atoms. The van der Waals surface area contributed by atoms with Gasteiger partial charge in [0.25, 0.3) is 5.91 Å². The minimum absolute atomic E-state index is 0.200. The van der Waals surface area contributed by atoms with E-state index < -0.39 is 6.04 Å². The fourth-order valence-electron chi connectivity index (χ4n) is 3.59. The Morgan fingerprint density at radius 2 is 1.56 bits per heavy atom. The summed E-state index contributed by atoms with van der Waals surface area (Å²) in [5.74, 6) is 0.522. The van der Waals surface area contributed by atoms with Gasteiger partial charge in [-0.3, -0.25) is 9.59 Å². The molecule has 0 radical (unpaired) electrons. The maximum absolute atomic E-state index is 13.5. The molecule has 0 aliphatic heterocycles. The molecule has 0 bridgehead atoms. The van der Waals surface area contributed by atoms with E-state index in [-0.39, 0.29) is 25.0 Å². The standard InChI is InChI=1S/C27H29BrN2O4/c1-3-29-27(32)23(17-20-9-5-4-6-10-20)30(18-21-13-15-22(28)16-14-21)26(31)19-34-25-12-8-7-11-24(25)33-2/h4-16,23H,3,17-19H2,1-2H3,(H,29,32). The Bertz CT molecular complexity index is 1070. The van der Waals surface area contributed by atoms with Crippen LogP contribution in [0.4, 0.5) is 0 Å². The van der Waals surface area contributed by atoms with Crippen LogP contribution in [0.2, 0.25) is 0 Å². The first-order valence-corrected chi connectivity index (χ1v) is 11.9. The van der Waals surface area contributed by atoms with Crippen LogP contribution in [0, 0.1) is 0 Å². The lowest BCUT2D eigenvalue weighted by atomic mass is 10.0.